The number of carbonyl (C=O) groups is 1. The molecule has 0 aliphatic carbocycles. The van der Waals surface area contributed by atoms with Crippen molar-refractivity contribution in [2.45, 2.75) is 19.8 Å². The second kappa shape index (κ2) is 4.26. The van der Waals surface area contributed by atoms with Gasteiger partial charge in [-0.3, -0.25) is 0 Å². The van der Waals surface area contributed by atoms with Gasteiger partial charge in [0.2, 0.25) is 0 Å². The zero-order chi connectivity index (χ0) is 8.97. The predicted molar refractivity (Wildman–Crippen MR) is 47.0 cm³/mol. The highest BCUT2D eigenvalue weighted by atomic mass is 16.4. The molecule has 0 saturated carbocycles. The van der Waals surface area contributed by atoms with Crippen molar-refractivity contribution in [3.05, 3.63) is 11.6 Å². The molecule has 2 N–H and O–H groups in total. The monoisotopic (exact) mass is 169 g/mol. The summed E-state index contributed by atoms with van der Waals surface area (Å²) in [4.78, 5) is 10.5. The van der Waals surface area contributed by atoms with Crippen LogP contribution >= 0.6 is 0 Å². The van der Waals surface area contributed by atoms with E-state index < -0.39 is 5.97 Å². The Bertz CT molecular complexity index is 193. The third kappa shape index (κ3) is 2.66. The zero-order valence-electron chi connectivity index (χ0n) is 7.34. The smallest absolute Gasteiger partial charge is 0.330 e. The lowest BCUT2D eigenvalue weighted by molar-refractivity contribution is -0.132. The first-order valence-electron chi connectivity index (χ1n) is 4.32. The molecule has 0 aromatic carbocycles. The van der Waals surface area contributed by atoms with Crippen LogP contribution in [0.1, 0.15) is 19.8 Å². The summed E-state index contributed by atoms with van der Waals surface area (Å²) in [5.41, 5.74) is 0.462. The van der Waals surface area contributed by atoms with E-state index in [1.54, 1.807) is 6.92 Å². The lowest BCUT2D eigenvalue weighted by Crippen LogP contribution is -2.29. The summed E-state index contributed by atoms with van der Waals surface area (Å²) in [6, 6.07) is 0. The van der Waals surface area contributed by atoms with Crippen molar-refractivity contribution < 1.29 is 9.90 Å². The van der Waals surface area contributed by atoms with E-state index in [9.17, 15) is 4.79 Å². The Morgan fingerprint density at radius 1 is 1.67 bits per heavy atom. The molecule has 3 nitrogen and oxygen atoms in total. The van der Waals surface area contributed by atoms with Gasteiger partial charge in [-0.05, 0) is 32.2 Å². The van der Waals surface area contributed by atoms with Crippen LogP contribution in [-0.4, -0.2) is 24.2 Å². The average molecular weight is 169 g/mol. The minimum absolute atomic E-state index is 0.412. The van der Waals surface area contributed by atoms with Gasteiger partial charge in [0.1, 0.15) is 0 Å². The molecule has 0 amide bonds. The van der Waals surface area contributed by atoms with Crippen molar-refractivity contribution in [1.29, 1.82) is 0 Å². The molecule has 1 aliphatic heterocycles. The number of aliphatic carboxylic acids is 1. The Morgan fingerprint density at radius 3 is 2.92 bits per heavy atom. The van der Waals surface area contributed by atoms with Gasteiger partial charge >= 0.3 is 5.97 Å². The first-order chi connectivity index (χ1) is 5.70. The standard InChI is InChI=1S/C9H15NO2/c1-7(9(11)12)5-8-3-2-4-10-6-8/h5,8,10H,2-4,6H2,1H3,(H,11,12). The number of hydrogen-bond acceptors (Lipinski definition) is 2. The van der Waals surface area contributed by atoms with Crippen LogP contribution in [0.2, 0.25) is 0 Å². The Morgan fingerprint density at radius 2 is 2.42 bits per heavy atom. The Labute approximate surface area is 72.5 Å². The van der Waals surface area contributed by atoms with Crippen LogP contribution in [0.25, 0.3) is 0 Å². The van der Waals surface area contributed by atoms with Crippen molar-refractivity contribution in [3.63, 3.8) is 0 Å². The molecule has 0 radical (unpaired) electrons. The van der Waals surface area contributed by atoms with Crippen LogP contribution < -0.4 is 5.32 Å². The van der Waals surface area contributed by atoms with E-state index >= 15 is 0 Å². The first kappa shape index (κ1) is 9.26. The topological polar surface area (TPSA) is 49.3 Å². The lowest BCUT2D eigenvalue weighted by Gasteiger charge is -2.19. The molecule has 0 aromatic heterocycles. The number of hydrogen-bond donors (Lipinski definition) is 2. The molecule has 1 fully saturated rings. The molecule has 12 heavy (non-hydrogen) atoms. The summed E-state index contributed by atoms with van der Waals surface area (Å²) in [5.74, 6) is -0.393. The Hall–Kier alpha value is -0.830. The van der Waals surface area contributed by atoms with Gasteiger partial charge < -0.3 is 10.4 Å². The number of rotatable bonds is 2. The number of carboxylic acid groups (broad SMARTS) is 1. The largest absolute Gasteiger partial charge is 0.478 e. The molecule has 1 aliphatic rings. The summed E-state index contributed by atoms with van der Waals surface area (Å²) in [5, 5.41) is 11.9. The van der Waals surface area contributed by atoms with Gasteiger partial charge in [0.15, 0.2) is 0 Å². The highest BCUT2D eigenvalue weighted by Gasteiger charge is 2.11. The van der Waals surface area contributed by atoms with E-state index in [-0.39, 0.29) is 0 Å². The summed E-state index contributed by atoms with van der Waals surface area (Å²) in [6.07, 6.45) is 4.11. The molecule has 0 aromatic rings. The number of carboxylic acids is 1. The van der Waals surface area contributed by atoms with Crippen LogP contribution in [0.4, 0.5) is 0 Å². The van der Waals surface area contributed by atoms with Crippen molar-refractivity contribution in [2.24, 2.45) is 5.92 Å². The maximum atomic E-state index is 10.5. The molecule has 1 rings (SSSR count). The molecule has 1 unspecified atom stereocenters. The van der Waals surface area contributed by atoms with Crippen LogP contribution in [0.5, 0.6) is 0 Å². The van der Waals surface area contributed by atoms with Crippen molar-refractivity contribution in [3.8, 4) is 0 Å². The fourth-order valence-electron chi connectivity index (χ4n) is 1.45. The summed E-state index contributed by atoms with van der Waals surface area (Å²) >= 11 is 0. The Balaban J connectivity index is 2.47. The summed E-state index contributed by atoms with van der Waals surface area (Å²) < 4.78 is 0. The highest BCUT2D eigenvalue weighted by Crippen LogP contribution is 2.13. The van der Waals surface area contributed by atoms with Crippen LogP contribution in [0, 0.1) is 5.92 Å². The van der Waals surface area contributed by atoms with Crippen LogP contribution in [0.3, 0.4) is 0 Å². The number of nitrogens with one attached hydrogen (secondary N) is 1. The SMILES string of the molecule is CC(=CC1CCCNC1)C(=O)O. The molecule has 0 spiro atoms. The maximum Gasteiger partial charge on any atom is 0.330 e. The van der Waals surface area contributed by atoms with E-state index in [2.05, 4.69) is 5.32 Å². The van der Waals surface area contributed by atoms with Crippen LogP contribution in [0.15, 0.2) is 11.6 Å². The normalized spacial score (nSPS) is 25.4. The van der Waals surface area contributed by atoms with Gasteiger partial charge in [-0.2, -0.15) is 0 Å². The fraction of sp³-hybridized carbons (Fsp3) is 0.667. The minimum Gasteiger partial charge on any atom is -0.478 e. The maximum absolute atomic E-state index is 10.5. The second-order valence-electron chi connectivity index (χ2n) is 3.26. The van der Waals surface area contributed by atoms with E-state index in [1.165, 1.54) is 0 Å². The van der Waals surface area contributed by atoms with Gasteiger partial charge in [0.25, 0.3) is 0 Å². The quantitative estimate of drug-likeness (QED) is 0.607. The summed E-state index contributed by atoms with van der Waals surface area (Å²) in [6.45, 7) is 3.64. The third-order valence-electron chi connectivity index (χ3n) is 2.16. The van der Waals surface area contributed by atoms with Gasteiger partial charge in [0, 0.05) is 12.1 Å². The first-order valence-corrected chi connectivity index (χ1v) is 4.32. The fourth-order valence-corrected chi connectivity index (χ4v) is 1.45. The van der Waals surface area contributed by atoms with E-state index in [0.717, 1.165) is 25.9 Å². The van der Waals surface area contributed by atoms with Gasteiger partial charge in [-0.25, -0.2) is 4.79 Å². The van der Waals surface area contributed by atoms with Gasteiger partial charge in [0.05, 0.1) is 0 Å². The molecule has 3 heteroatoms. The van der Waals surface area contributed by atoms with Crippen molar-refractivity contribution in [2.75, 3.05) is 13.1 Å². The predicted octanol–water partition coefficient (Wildman–Crippen LogP) is 1.02. The van der Waals surface area contributed by atoms with Gasteiger partial charge in [-0.15, -0.1) is 0 Å². The summed E-state index contributed by atoms with van der Waals surface area (Å²) in [7, 11) is 0. The minimum atomic E-state index is -0.805. The average Bonchev–Trinajstić information content (AvgIpc) is 2.06. The number of piperidine rings is 1. The lowest BCUT2D eigenvalue weighted by atomic mass is 9.97. The molecule has 68 valence electrons. The molecule has 1 atom stereocenters. The molecular formula is C9H15NO2. The molecule has 1 heterocycles. The second-order valence-corrected chi connectivity index (χ2v) is 3.26. The van der Waals surface area contributed by atoms with Crippen LogP contribution in [-0.2, 0) is 4.79 Å². The zero-order valence-corrected chi connectivity index (χ0v) is 7.34. The molecule has 0 bridgehead atoms. The Kier molecular flexibility index (Phi) is 3.29. The van der Waals surface area contributed by atoms with Crippen molar-refractivity contribution >= 4 is 5.97 Å². The molecular weight excluding hydrogens is 154 g/mol. The third-order valence-corrected chi connectivity index (χ3v) is 2.16. The van der Waals surface area contributed by atoms with E-state index in [4.69, 9.17) is 5.11 Å². The van der Waals surface area contributed by atoms with E-state index in [0.29, 0.717) is 11.5 Å². The van der Waals surface area contributed by atoms with Crippen molar-refractivity contribution in [1.82, 2.24) is 5.32 Å². The molecule has 1 saturated heterocycles. The van der Waals surface area contributed by atoms with E-state index in [1.807, 2.05) is 6.08 Å². The highest BCUT2D eigenvalue weighted by molar-refractivity contribution is 5.85. The van der Waals surface area contributed by atoms with Gasteiger partial charge in [-0.1, -0.05) is 6.08 Å².